The van der Waals surface area contributed by atoms with Gasteiger partial charge in [0.05, 0.1) is 0 Å². The molecule has 1 saturated heterocycles. The highest BCUT2D eigenvalue weighted by Crippen LogP contribution is 2.42. The normalized spacial score (nSPS) is 20.8. The first-order valence-electron chi connectivity index (χ1n) is 6.96. The van der Waals surface area contributed by atoms with Crippen molar-refractivity contribution >= 4 is 17.7 Å². The van der Waals surface area contributed by atoms with Gasteiger partial charge < -0.3 is 14.4 Å². The van der Waals surface area contributed by atoms with Crippen LogP contribution in [0.3, 0.4) is 0 Å². The number of benzene rings is 1. The van der Waals surface area contributed by atoms with E-state index in [0.29, 0.717) is 12.3 Å². The zero-order valence-corrected chi connectivity index (χ0v) is 12.6. The summed E-state index contributed by atoms with van der Waals surface area (Å²) < 4.78 is 10.8. The van der Waals surface area contributed by atoms with E-state index in [-0.39, 0.29) is 18.1 Å². The second-order valence-electron chi connectivity index (χ2n) is 5.52. The van der Waals surface area contributed by atoms with Crippen molar-refractivity contribution in [3.8, 4) is 11.5 Å². The van der Waals surface area contributed by atoms with Crippen molar-refractivity contribution in [2.24, 2.45) is 5.92 Å². The van der Waals surface area contributed by atoms with Gasteiger partial charge in [-0.25, -0.2) is 0 Å². The first-order valence-corrected chi connectivity index (χ1v) is 8.00. The highest BCUT2D eigenvalue weighted by atomic mass is 32.2. The monoisotopic (exact) mass is 293 g/mol. The molecule has 0 bridgehead atoms. The minimum Gasteiger partial charge on any atom is -0.454 e. The van der Waals surface area contributed by atoms with E-state index in [1.165, 1.54) is 0 Å². The summed E-state index contributed by atoms with van der Waals surface area (Å²) in [6, 6.07) is 5.97. The van der Waals surface area contributed by atoms with Gasteiger partial charge in [-0.1, -0.05) is 19.9 Å². The van der Waals surface area contributed by atoms with E-state index < -0.39 is 0 Å². The summed E-state index contributed by atoms with van der Waals surface area (Å²) in [6.07, 6.45) is 0.613. The van der Waals surface area contributed by atoms with Crippen molar-refractivity contribution in [2.75, 3.05) is 19.1 Å². The second-order valence-corrected chi connectivity index (χ2v) is 6.71. The third-order valence-corrected chi connectivity index (χ3v) is 4.74. The maximum Gasteiger partial charge on any atom is 0.231 e. The number of amides is 1. The van der Waals surface area contributed by atoms with E-state index in [2.05, 4.69) is 13.8 Å². The fourth-order valence-corrected chi connectivity index (χ4v) is 3.80. The summed E-state index contributed by atoms with van der Waals surface area (Å²) in [4.78, 5) is 14.3. The largest absolute Gasteiger partial charge is 0.454 e. The van der Waals surface area contributed by atoms with E-state index in [9.17, 15) is 4.79 Å². The van der Waals surface area contributed by atoms with Crippen LogP contribution in [0.5, 0.6) is 11.5 Å². The van der Waals surface area contributed by atoms with Crippen LogP contribution >= 0.6 is 11.8 Å². The van der Waals surface area contributed by atoms with Crippen LogP contribution in [-0.2, 0) is 4.79 Å². The summed E-state index contributed by atoms with van der Waals surface area (Å²) >= 11 is 1.81. The molecule has 5 heteroatoms. The zero-order valence-electron chi connectivity index (χ0n) is 11.8. The Morgan fingerprint density at radius 3 is 3.00 bits per heavy atom. The molecule has 0 N–H and O–H groups in total. The number of nitrogens with zero attached hydrogens (tertiary/aromatic N) is 1. The van der Waals surface area contributed by atoms with Crippen molar-refractivity contribution in [2.45, 2.75) is 25.6 Å². The van der Waals surface area contributed by atoms with E-state index in [1.807, 2.05) is 34.9 Å². The van der Waals surface area contributed by atoms with Crippen molar-refractivity contribution in [1.29, 1.82) is 0 Å². The molecule has 1 aromatic carbocycles. The number of ether oxygens (including phenoxy) is 2. The molecule has 0 aromatic heterocycles. The Kier molecular flexibility index (Phi) is 3.78. The number of thioether (sulfide) groups is 1. The fourth-order valence-electron chi connectivity index (χ4n) is 2.53. The highest BCUT2D eigenvalue weighted by molar-refractivity contribution is 7.99. The lowest BCUT2D eigenvalue weighted by Crippen LogP contribution is -2.31. The van der Waals surface area contributed by atoms with E-state index >= 15 is 0 Å². The molecule has 4 nitrogen and oxygen atoms in total. The first-order chi connectivity index (χ1) is 9.65. The number of rotatable bonds is 3. The molecule has 0 aliphatic carbocycles. The van der Waals surface area contributed by atoms with Gasteiger partial charge in [-0.15, -0.1) is 11.8 Å². The van der Waals surface area contributed by atoms with Gasteiger partial charge in [-0.05, 0) is 23.6 Å². The van der Waals surface area contributed by atoms with E-state index in [0.717, 1.165) is 29.4 Å². The molecule has 108 valence electrons. The van der Waals surface area contributed by atoms with Crippen molar-refractivity contribution < 1.29 is 14.3 Å². The van der Waals surface area contributed by atoms with Gasteiger partial charge in [0, 0.05) is 18.7 Å². The maximum absolute atomic E-state index is 12.3. The number of hydrogen-bond donors (Lipinski definition) is 0. The quantitative estimate of drug-likeness (QED) is 0.858. The molecule has 3 rings (SSSR count). The Morgan fingerprint density at radius 1 is 1.40 bits per heavy atom. The summed E-state index contributed by atoms with van der Waals surface area (Å²) in [7, 11) is 0. The Balaban J connectivity index is 1.80. The van der Waals surface area contributed by atoms with Crippen LogP contribution in [-0.4, -0.2) is 29.9 Å². The minimum absolute atomic E-state index is 0.107. The van der Waals surface area contributed by atoms with Crippen LogP contribution in [0, 0.1) is 5.92 Å². The first kappa shape index (κ1) is 13.6. The van der Waals surface area contributed by atoms with Crippen LogP contribution in [0.25, 0.3) is 0 Å². The van der Waals surface area contributed by atoms with Gasteiger partial charge >= 0.3 is 0 Å². The third-order valence-electron chi connectivity index (χ3n) is 3.48. The summed E-state index contributed by atoms with van der Waals surface area (Å²) in [5.41, 5.74) is 1.12. The van der Waals surface area contributed by atoms with Gasteiger partial charge in [0.15, 0.2) is 11.5 Å². The second kappa shape index (κ2) is 5.56. The standard InChI is InChI=1S/C15H19NO3S/c1-10(2)7-14(17)16-5-6-20-15(16)11-3-4-12-13(8-11)19-9-18-12/h3-4,8,10,15H,5-7,9H2,1-2H3. The minimum atomic E-state index is 0.107. The lowest BCUT2D eigenvalue weighted by molar-refractivity contribution is -0.132. The molecule has 20 heavy (non-hydrogen) atoms. The number of hydrogen-bond acceptors (Lipinski definition) is 4. The van der Waals surface area contributed by atoms with Crippen molar-refractivity contribution in [3.63, 3.8) is 0 Å². The number of carbonyl (C=O) groups is 1. The predicted octanol–water partition coefficient (Wildman–Crippen LogP) is 3.04. The molecule has 1 aromatic rings. The molecule has 2 heterocycles. The summed E-state index contributed by atoms with van der Waals surface area (Å²) in [5, 5.41) is 0.107. The van der Waals surface area contributed by atoms with Crippen LogP contribution < -0.4 is 9.47 Å². The van der Waals surface area contributed by atoms with Gasteiger partial charge in [-0.3, -0.25) is 4.79 Å². The van der Waals surface area contributed by atoms with Crippen molar-refractivity contribution in [3.05, 3.63) is 23.8 Å². The Morgan fingerprint density at radius 2 is 2.20 bits per heavy atom. The van der Waals surface area contributed by atoms with Gasteiger partial charge in [0.1, 0.15) is 5.37 Å². The van der Waals surface area contributed by atoms with Gasteiger partial charge in [-0.2, -0.15) is 0 Å². The highest BCUT2D eigenvalue weighted by Gasteiger charge is 2.31. The lowest BCUT2D eigenvalue weighted by atomic mass is 10.1. The summed E-state index contributed by atoms with van der Waals surface area (Å²) in [6.45, 7) is 5.27. The molecular formula is C15H19NO3S. The number of carbonyl (C=O) groups excluding carboxylic acids is 1. The van der Waals surface area contributed by atoms with Gasteiger partial charge in [0.25, 0.3) is 0 Å². The predicted molar refractivity (Wildman–Crippen MR) is 78.9 cm³/mol. The van der Waals surface area contributed by atoms with Crippen LogP contribution in [0.15, 0.2) is 18.2 Å². The number of fused-ring (bicyclic) bond motifs is 1. The SMILES string of the molecule is CC(C)CC(=O)N1CCSC1c1ccc2c(c1)OCO2. The molecule has 0 saturated carbocycles. The molecule has 1 amide bonds. The lowest BCUT2D eigenvalue weighted by Gasteiger charge is -2.25. The van der Waals surface area contributed by atoms with E-state index in [1.54, 1.807) is 0 Å². The van der Waals surface area contributed by atoms with E-state index in [4.69, 9.17) is 9.47 Å². The average molecular weight is 293 g/mol. The molecule has 2 aliphatic heterocycles. The molecule has 1 unspecified atom stereocenters. The Hall–Kier alpha value is -1.36. The smallest absolute Gasteiger partial charge is 0.231 e. The molecular weight excluding hydrogens is 274 g/mol. The molecule has 1 fully saturated rings. The topological polar surface area (TPSA) is 38.8 Å². The molecule has 0 radical (unpaired) electrons. The van der Waals surface area contributed by atoms with Crippen LogP contribution in [0.1, 0.15) is 31.2 Å². The molecule has 1 atom stereocenters. The Labute approximate surface area is 123 Å². The summed E-state index contributed by atoms with van der Waals surface area (Å²) in [5.74, 6) is 3.20. The fraction of sp³-hybridized carbons (Fsp3) is 0.533. The van der Waals surface area contributed by atoms with Crippen LogP contribution in [0.4, 0.5) is 0 Å². The molecule has 2 aliphatic rings. The average Bonchev–Trinajstić information content (AvgIpc) is 3.06. The van der Waals surface area contributed by atoms with Gasteiger partial charge in [0.2, 0.25) is 12.7 Å². The Bertz CT molecular complexity index is 518. The zero-order chi connectivity index (χ0) is 14.1. The van der Waals surface area contributed by atoms with Crippen LogP contribution in [0.2, 0.25) is 0 Å². The maximum atomic E-state index is 12.3. The third kappa shape index (κ3) is 2.59. The molecule has 0 spiro atoms. The van der Waals surface area contributed by atoms with Crippen molar-refractivity contribution in [1.82, 2.24) is 4.90 Å².